The third-order valence-electron chi connectivity index (χ3n) is 10.5. The molecule has 0 saturated carbocycles. The van der Waals surface area contributed by atoms with E-state index in [0.717, 1.165) is 16.7 Å². The van der Waals surface area contributed by atoms with E-state index in [1.165, 1.54) is 12.1 Å². The molecule has 17 nitrogen and oxygen atoms in total. The monoisotopic (exact) mass is 993 g/mol. The highest BCUT2D eigenvalue weighted by atomic mass is 19.1. The van der Waals surface area contributed by atoms with Crippen LogP contribution in [0.1, 0.15) is 113 Å². The third kappa shape index (κ3) is 15.5. The summed E-state index contributed by atoms with van der Waals surface area (Å²) in [5, 5.41) is 14.0. The Balaban J connectivity index is 1.24. The molecular weight excluding hydrogens is 929 g/mol. The third-order valence-corrected chi connectivity index (χ3v) is 10.5. The van der Waals surface area contributed by atoms with Gasteiger partial charge in [0.25, 0.3) is 0 Å². The molecule has 3 heterocycles. The number of nitrogens with zero attached hydrogens (tertiary/aromatic N) is 7. The summed E-state index contributed by atoms with van der Waals surface area (Å²) in [5.41, 5.74) is 0.817. The molecule has 4 aromatic rings. The molecule has 0 spiro atoms. The number of benzene rings is 3. The number of nitrogens with one attached hydrogen (secondary N) is 2. The number of guanidine groups is 2. The highest BCUT2D eigenvalue weighted by Gasteiger charge is 2.28. The lowest BCUT2D eigenvalue weighted by Crippen LogP contribution is -2.48. The van der Waals surface area contributed by atoms with Gasteiger partial charge in [0.1, 0.15) is 34.0 Å². The first kappa shape index (κ1) is 53.9. The minimum Gasteiger partial charge on any atom is -0.444 e. The van der Waals surface area contributed by atoms with Crippen molar-refractivity contribution in [3.05, 3.63) is 107 Å². The van der Waals surface area contributed by atoms with E-state index in [-0.39, 0.29) is 54.3 Å². The summed E-state index contributed by atoms with van der Waals surface area (Å²) in [6.07, 6.45) is 1.21. The predicted molar refractivity (Wildman–Crippen MR) is 271 cm³/mol. The predicted octanol–water partition coefficient (Wildman–Crippen LogP) is 10.7. The molecule has 384 valence electrons. The maximum Gasteiger partial charge on any atom is 0.437 e. The van der Waals surface area contributed by atoms with Gasteiger partial charge in [0.15, 0.2) is 11.6 Å². The molecular formula is C53H65F2N9O8. The number of rotatable bonds is 6. The van der Waals surface area contributed by atoms with Gasteiger partial charge in [0.05, 0.1) is 17.7 Å². The van der Waals surface area contributed by atoms with Gasteiger partial charge in [-0.15, -0.1) is 20.2 Å². The minimum absolute atomic E-state index is 0.0405. The van der Waals surface area contributed by atoms with Gasteiger partial charge in [-0.05, 0) is 148 Å². The molecule has 0 atom stereocenters. The summed E-state index contributed by atoms with van der Waals surface area (Å²) in [5.74, 6) is -0.835. The van der Waals surface area contributed by atoms with Crippen LogP contribution < -0.4 is 10.6 Å². The summed E-state index contributed by atoms with van der Waals surface area (Å²) in [6.45, 7) is 21.9. The zero-order valence-electron chi connectivity index (χ0n) is 43.1. The zero-order chi connectivity index (χ0) is 52.8. The zero-order valence-corrected chi connectivity index (χ0v) is 43.1. The normalized spacial score (nSPS) is 15.0. The highest BCUT2D eigenvalue weighted by molar-refractivity contribution is 6.00. The summed E-state index contributed by atoms with van der Waals surface area (Å²) >= 11 is 0. The second-order valence-electron chi connectivity index (χ2n) is 21.2. The molecule has 0 bridgehead atoms. The fourth-order valence-corrected chi connectivity index (χ4v) is 7.54. The van der Waals surface area contributed by atoms with E-state index in [9.17, 15) is 19.2 Å². The summed E-state index contributed by atoms with van der Waals surface area (Å²) in [6, 6.07) is 19.1. The van der Waals surface area contributed by atoms with Crippen molar-refractivity contribution in [1.29, 1.82) is 0 Å². The topological polar surface area (TPSA) is 191 Å². The van der Waals surface area contributed by atoms with E-state index in [0.29, 0.717) is 37.1 Å². The van der Waals surface area contributed by atoms with Crippen LogP contribution in [0.5, 0.6) is 0 Å². The van der Waals surface area contributed by atoms with Gasteiger partial charge in [0.2, 0.25) is 11.9 Å². The van der Waals surface area contributed by atoms with E-state index in [2.05, 4.69) is 30.8 Å². The van der Waals surface area contributed by atoms with E-state index in [4.69, 9.17) is 18.9 Å². The van der Waals surface area contributed by atoms with Crippen molar-refractivity contribution in [3.63, 3.8) is 0 Å². The summed E-state index contributed by atoms with van der Waals surface area (Å²) in [7, 11) is 0. The maximum atomic E-state index is 16.5. The smallest absolute Gasteiger partial charge is 0.437 e. The van der Waals surface area contributed by atoms with E-state index in [1.807, 2.05) is 42.5 Å². The van der Waals surface area contributed by atoms with Crippen LogP contribution in [0.15, 0.2) is 88.9 Å². The number of ether oxygens (including phenoxy) is 4. The van der Waals surface area contributed by atoms with Crippen LogP contribution in [0, 0.1) is 11.6 Å². The highest BCUT2D eigenvalue weighted by Crippen LogP contribution is 2.34. The fraction of sp³-hybridized carbons (Fsp3) is 0.434. The molecule has 2 N–H and O–H groups in total. The first-order valence-electron chi connectivity index (χ1n) is 23.7. The summed E-state index contributed by atoms with van der Waals surface area (Å²) < 4.78 is 56.2. The van der Waals surface area contributed by atoms with Crippen LogP contribution in [-0.2, 0) is 25.5 Å². The lowest BCUT2D eigenvalue weighted by Gasteiger charge is -2.30. The van der Waals surface area contributed by atoms with Gasteiger partial charge < -0.3 is 33.3 Å². The first-order chi connectivity index (χ1) is 33.6. The number of alkyl carbamates (subject to hydrolysis) is 2. The first-order valence-corrected chi connectivity index (χ1v) is 23.7. The number of hydrogen-bond donors (Lipinski definition) is 2. The number of aliphatic imine (C=N–C) groups is 2. The Morgan fingerprint density at radius 1 is 0.569 bits per heavy atom. The van der Waals surface area contributed by atoms with Crippen molar-refractivity contribution in [1.82, 2.24) is 35.2 Å². The number of hydrogen-bond acceptors (Lipinski definition) is 10. The molecule has 2 aliphatic heterocycles. The lowest BCUT2D eigenvalue weighted by atomic mass is 9.97. The Bertz CT molecular complexity index is 2630. The number of carbonyl (C=O) groups is 4. The molecule has 2 aliphatic rings. The molecule has 0 aliphatic carbocycles. The molecule has 72 heavy (non-hydrogen) atoms. The van der Waals surface area contributed by atoms with Gasteiger partial charge in [-0.2, -0.15) is 0 Å². The van der Waals surface area contributed by atoms with E-state index < -0.39 is 58.4 Å². The van der Waals surface area contributed by atoms with Crippen LogP contribution in [0.25, 0.3) is 33.9 Å². The van der Waals surface area contributed by atoms with Crippen LogP contribution in [0.3, 0.4) is 0 Å². The van der Waals surface area contributed by atoms with Crippen LogP contribution >= 0.6 is 0 Å². The molecule has 0 fully saturated rings. The van der Waals surface area contributed by atoms with Crippen molar-refractivity contribution >= 4 is 47.4 Å². The Labute approximate surface area is 419 Å². The molecule has 0 saturated heterocycles. The van der Waals surface area contributed by atoms with Gasteiger partial charge in [-0.25, -0.2) is 28.0 Å². The number of aromatic nitrogens is 3. The van der Waals surface area contributed by atoms with Crippen LogP contribution in [0.2, 0.25) is 0 Å². The molecule has 1 aromatic heterocycles. The van der Waals surface area contributed by atoms with E-state index >= 15 is 8.78 Å². The minimum atomic E-state index is -0.883. The van der Waals surface area contributed by atoms with Crippen molar-refractivity contribution in [3.8, 4) is 22.8 Å². The lowest BCUT2D eigenvalue weighted by molar-refractivity contribution is 0.0536. The average Bonchev–Trinajstić information content (AvgIpc) is 3.66. The second-order valence-corrected chi connectivity index (χ2v) is 21.2. The summed E-state index contributed by atoms with van der Waals surface area (Å²) in [4.78, 5) is 62.5. The number of carbonyl (C=O) groups excluding carboxylic acids is 4. The quantitative estimate of drug-likeness (QED) is 0.106. The second kappa shape index (κ2) is 21.9. The SMILES string of the molecule is CC(C)(C)OC(=O)N=C(NC(=O)OC(C)(C)C)N1CC=C(c2ccc(-c3nnc(-c4ccc(C5=CCN(C(=NC(=O)OC(C)(C)C)NC(=O)OC(C)(C)C)CC5)cc4F)n3Cc3ccccc3)c(F)c2)CC1. The van der Waals surface area contributed by atoms with Gasteiger partial charge >= 0.3 is 24.4 Å². The van der Waals surface area contributed by atoms with E-state index in [1.54, 1.807) is 122 Å². The Hall–Kier alpha value is -7.44. The van der Waals surface area contributed by atoms with Crippen molar-refractivity contribution in [2.75, 3.05) is 26.2 Å². The molecule has 0 unspecified atom stereocenters. The number of halogens is 2. The van der Waals surface area contributed by atoms with Gasteiger partial charge in [-0.1, -0.05) is 54.6 Å². The molecule has 6 rings (SSSR count). The van der Waals surface area contributed by atoms with Crippen molar-refractivity contribution < 1.29 is 46.9 Å². The molecule has 4 amide bonds. The Morgan fingerprint density at radius 2 is 0.958 bits per heavy atom. The average molecular weight is 994 g/mol. The Morgan fingerprint density at radius 3 is 1.29 bits per heavy atom. The largest absolute Gasteiger partial charge is 0.444 e. The molecule has 19 heteroatoms. The molecule has 0 radical (unpaired) electrons. The van der Waals surface area contributed by atoms with Crippen molar-refractivity contribution in [2.45, 2.75) is 125 Å². The standard InChI is InChI=1S/C53H65F2N9O8/c1-50(2,3)69-46(65)56-44(57-47(66)70-51(4,5)6)62-26-22-34(23-27-62)36-18-20-38(40(54)30-36)42-60-61-43(64(42)32-33-16-14-13-15-17-33)39-21-19-37(31-41(39)55)35-24-28-63(29-25-35)45(58-48(67)71-52(7,8)9)59-49(68)72-53(10,11)12/h13-22,24,30-31H,23,25-29,32H2,1-12H3,(H,56,57,65,66)(H,58,59,67,68). The van der Waals surface area contributed by atoms with Crippen LogP contribution in [0.4, 0.5) is 28.0 Å². The van der Waals surface area contributed by atoms with Gasteiger partial charge in [-0.3, -0.25) is 10.6 Å². The maximum absolute atomic E-state index is 16.5. The molecule has 3 aromatic carbocycles. The number of amides is 4. The van der Waals surface area contributed by atoms with Gasteiger partial charge in [0, 0.05) is 26.2 Å². The fourth-order valence-electron chi connectivity index (χ4n) is 7.54. The van der Waals surface area contributed by atoms with Crippen LogP contribution in [-0.4, -0.2) is 109 Å². The Kier molecular flexibility index (Phi) is 16.4. The van der Waals surface area contributed by atoms with Crippen molar-refractivity contribution in [2.24, 2.45) is 9.98 Å².